The third-order valence-electron chi connectivity index (χ3n) is 3.47. The maximum atomic E-state index is 12.4. The van der Waals surface area contributed by atoms with Crippen molar-refractivity contribution in [3.05, 3.63) is 49.7 Å². The molecule has 2 heterocycles. The van der Waals surface area contributed by atoms with E-state index in [0.717, 1.165) is 5.56 Å². The molecule has 2 aromatic rings. The molecule has 0 spiro atoms. The number of fused-ring (bicyclic) bond motifs is 1. The van der Waals surface area contributed by atoms with Gasteiger partial charge in [0.05, 0.1) is 15.6 Å². The van der Waals surface area contributed by atoms with Gasteiger partial charge < -0.3 is 10.3 Å². The second kappa shape index (κ2) is 5.95. The van der Waals surface area contributed by atoms with Gasteiger partial charge in [-0.2, -0.15) is 0 Å². The fourth-order valence-corrected chi connectivity index (χ4v) is 3.15. The van der Waals surface area contributed by atoms with Crippen molar-refractivity contribution in [2.75, 3.05) is 11.6 Å². The maximum Gasteiger partial charge on any atom is 0.257 e. The van der Waals surface area contributed by atoms with Gasteiger partial charge in [-0.25, -0.2) is 4.98 Å². The fourth-order valence-electron chi connectivity index (χ4n) is 2.46. The van der Waals surface area contributed by atoms with E-state index in [1.165, 1.54) is 11.8 Å². The van der Waals surface area contributed by atoms with E-state index in [0.29, 0.717) is 26.6 Å². The largest absolute Gasteiger partial charge is 0.310 e. The van der Waals surface area contributed by atoms with Gasteiger partial charge in [0, 0.05) is 12.3 Å². The highest BCUT2D eigenvalue weighted by molar-refractivity contribution is 7.98. The van der Waals surface area contributed by atoms with E-state index in [4.69, 9.17) is 23.2 Å². The number of anilines is 1. The van der Waals surface area contributed by atoms with Crippen LogP contribution in [0.2, 0.25) is 10.0 Å². The van der Waals surface area contributed by atoms with E-state index >= 15 is 0 Å². The van der Waals surface area contributed by atoms with Crippen LogP contribution >= 0.6 is 35.0 Å². The van der Waals surface area contributed by atoms with E-state index in [9.17, 15) is 9.59 Å². The molecule has 0 radical (unpaired) electrons. The normalized spacial score (nSPS) is 17.0. The molecule has 1 aromatic carbocycles. The standard InChI is InChI=1S/C14H11Cl2N3O2S/c1-22-14-18-12-11(13(21)19-14)7(5-10(20)17-12)6-2-3-8(15)9(16)4-6/h2-4,7H,5H2,1H3,(H2,17,18,19,20,21)/t7-/m0/s1. The van der Waals surface area contributed by atoms with Gasteiger partial charge in [0.1, 0.15) is 5.82 Å². The number of rotatable bonds is 2. The van der Waals surface area contributed by atoms with Crippen molar-refractivity contribution in [1.29, 1.82) is 0 Å². The van der Waals surface area contributed by atoms with Crippen molar-refractivity contribution in [2.24, 2.45) is 0 Å². The van der Waals surface area contributed by atoms with Crippen LogP contribution in [0, 0.1) is 0 Å². The molecule has 1 aliphatic rings. The predicted octanol–water partition coefficient (Wildman–Crippen LogP) is 3.27. The lowest BCUT2D eigenvalue weighted by Gasteiger charge is -2.24. The van der Waals surface area contributed by atoms with Crippen molar-refractivity contribution >= 4 is 46.7 Å². The summed E-state index contributed by atoms with van der Waals surface area (Å²) >= 11 is 13.3. The third kappa shape index (κ3) is 2.74. The van der Waals surface area contributed by atoms with Crippen molar-refractivity contribution in [3.63, 3.8) is 0 Å². The Balaban J connectivity index is 2.17. The number of aromatic nitrogens is 2. The molecule has 3 rings (SSSR count). The molecule has 22 heavy (non-hydrogen) atoms. The first-order valence-corrected chi connectivity index (χ1v) is 8.40. The Bertz CT molecular complexity index is 822. The monoisotopic (exact) mass is 355 g/mol. The van der Waals surface area contributed by atoms with Gasteiger partial charge in [-0.15, -0.1) is 0 Å². The summed E-state index contributed by atoms with van der Waals surface area (Å²) < 4.78 is 0. The molecular formula is C14H11Cl2N3O2S. The second-order valence-corrected chi connectivity index (χ2v) is 6.43. The minimum atomic E-state index is -0.398. The van der Waals surface area contributed by atoms with E-state index in [1.54, 1.807) is 24.5 Å². The zero-order valence-corrected chi connectivity index (χ0v) is 13.8. The molecule has 0 fully saturated rings. The number of nitrogens with zero attached hydrogens (tertiary/aromatic N) is 1. The molecule has 0 saturated heterocycles. The van der Waals surface area contributed by atoms with Gasteiger partial charge in [0.15, 0.2) is 5.16 Å². The maximum absolute atomic E-state index is 12.4. The van der Waals surface area contributed by atoms with Crippen LogP contribution in [0.3, 0.4) is 0 Å². The summed E-state index contributed by atoms with van der Waals surface area (Å²) in [7, 11) is 0. The zero-order chi connectivity index (χ0) is 15.9. The number of halogens is 2. The molecule has 0 saturated carbocycles. The minimum Gasteiger partial charge on any atom is -0.310 e. The highest BCUT2D eigenvalue weighted by Crippen LogP contribution is 2.36. The first-order chi connectivity index (χ1) is 10.5. The molecule has 5 nitrogen and oxygen atoms in total. The Hall–Kier alpha value is -1.50. The first kappa shape index (κ1) is 15.4. The number of nitrogens with one attached hydrogen (secondary N) is 2. The smallest absolute Gasteiger partial charge is 0.257 e. The second-order valence-electron chi connectivity index (χ2n) is 4.82. The van der Waals surface area contributed by atoms with E-state index in [2.05, 4.69) is 15.3 Å². The van der Waals surface area contributed by atoms with Crippen molar-refractivity contribution in [2.45, 2.75) is 17.5 Å². The number of aromatic amines is 1. The van der Waals surface area contributed by atoms with Gasteiger partial charge in [-0.1, -0.05) is 41.0 Å². The zero-order valence-electron chi connectivity index (χ0n) is 11.4. The summed E-state index contributed by atoms with van der Waals surface area (Å²) in [5.74, 6) is -0.278. The molecule has 1 amide bonds. The van der Waals surface area contributed by atoms with Crippen LogP contribution in [-0.2, 0) is 4.79 Å². The van der Waals surface area contributed by atoms with Crippen LogP contribution in [0.25, 0.3) is 0 Å². The first-order valence-electron chi connectivity index (χ1n) is 6.42. The average Bonchev–Trinajstić information content (AvgIpc) is 2.48. The summed E-state index contributed by atoms with van der Waals surface area (Å²) in [5, 5.41) is 3.93. The summed E-state index contributed by atoms with van der Waals surface area (Å²) in [6, 6.07) is 5.10. The Morgan fingerprint density at radius 2 is 2.05 bits per heavy atom. The van der Waals surface area contributed by atoms with Crippen LogP contribution in [0.5, 0.6) is 0 Å². The molecule has 1 aliphatic heterocycles. The molecule has 0 aliphatic carbocycles. The Labute approximate surface area is 140 Å². The van der Waals surface area contributed by atoms with Gasteiger partial charge in [-0.05, 0) is 24.0 Å². The molecule has 1 aromatic heterocycles. The highest BCUT2D eigenvalue weighted by Gasteiger charge is 2.31. The molecule has 0 bridgehead atoms. The summed E-state index contributed by atoms with van der Waals surface area (Å²) in [4.78, 5) is 31.3. The number of amides is 1. The van der Waals surface area contributed by atoms with Gasteiger partial charge >= 0.3 is 0 Å². The fraction of sp³-hybridized carbons (Fsp3) is 0.214. The number of hydrogen-bond donors (Lipinski definition) is 2. The number of thioether (sulfide) groups is 1. The van der Waals surface area contributed by atoms with Gasteiger partial charge in [0.2, 0.25) is 5.91 Å². The lowest BCUT2D eigenvalue weighted by molar-refractivity contribution is -0.116. The van der Waals surface area contributed by atoms with Crippen molar-refractivity contribution in [3.8, 4) is 0 Å². The molecule has 1 atom stereocenters. The summed E-state index contributed by atoms with van der Waals surface area (Å²) in [6.45, 7) is 0. The van der Waals surface area contributed by atoms with E-state index < -0.39 is 5.92 Å². The number of benzene rings is 1. The number of carbonyl (C=O) groups excluding carboxylic acids is 1. The van der Waals surface area contributed by atoms with E-state index in [-0.39, 0.29) is 17.9 Å². The highest BCUT2D eigenvalue weighted by atomic mass is 35.5. The van der Waals surface area contributed by atoms with Crippen LogP contribution in [0.1, 0.15) is 23.5 Å². The van der Waals surface area contributed by atoms with Gasteiger partial charge in [0.25, 0.3) is 5.56 Å². The Morgan fingerprint density at radius 1 is 1.27 bits per heavy atom. The van der Waals surface area contributed by atoms with Crippen LogP contribution in [-0.4, -0.2) is 22.1 Å². The lowest BCUT2D eigenvalue weighted by Crippen LogP contribution is -2.31. The molecule has 114 valence electrons. The Morgan fingerprint density at radius 3 is 2.73 bits per heavy atom. The molecule has 2 N–H and O–H groups in total. The summed E-state index contributed by atoms with van der Waals surface area (Å²) in [6.07, 6.45) is 1.96. The number of H-pyrrole nitrogens is 1. The quantitative estimate of drug-likeness (QED) is 0.640. The van der Waals surface area contributed by atoms with Crippen LogP contribution in [0.4, 0.5) is 5.82 Å². The van der Waals surface area contributed by atoms with E-state index in [1.807, 2.05) is 0 Å². The predicted molar refractivity (Wildman–Crippen MR) is 88.2 cm³/mol. The third-order valence-corrected chi connectivity index (χ3v) is 4.79. The SMILES string of the molecule is CSc1nc2c(c(=O)[nH]1)[C@H](c1ccc(Cl)c(Cl)c1)CC(=O)N2. The van der Waals surface area contributed by atoms with Crippen LogP contribution in [0.15, 0.2) is 28.2 Å². The molecular weight excluding hydrogens is 345 g/mol. The number of hydrogen-bond acceptors (Lipinski definition) is 4. The Kier molecular flexibility index (Phi) is 4.16. The summed E-state index contributed by atoms with van der Waals surface area (Å²) in [5.41, 5.74) is 0.941. The lowest BCUT2D eigenvalue weighted by atomic mass is 9.87. The minimum absolute atomic E-state index is 0.161. The molecule has 0 unspecified atom stereocenters. The van der Waals surface area contributed by atoms with Crippen molar-refractivity contribution in [1.82, 2.24) is 9.97 Å². The van der Waals surface area contributed by atoms with Gasteiger partial charge in [-0.3, -0.25) is 9.59 Å². The number of carbonyl (C=O) groups is 1. The van der Waals surface area contributed by atoms with Crippen LogP contribution < -0.4 is 10.9 Å². The molecule has 8 heteroatoms. The average molecular weight is 356 g/mol. The van der Waals surface area contributed by atoms with Crippen molar-refractivity contribution < 1.29 is 4.79 Å². The topological polar surface area (TPSA) is 74.8 Å².